The van der Waals surface area contributed by atoms with Crippen LogP contribution >= 0.6 is 0 Å². The molecule has 2 rings (SSSR count). The van der Waals surface area contributed by atoms with Gasteiger partial charge in [0.2, 0.25) is 0 Å². The second-order valence-corrected chi connectivity index (χ2v) is 5.47. The predicted octanol–water partition coefficient (Wildman–Crippen LogP) is 2.03. The number of ether oxygens (including phenoxy) is 1. The normalized spacial score (nSPS) is 15.9. The Morgan fingerprint density at radius 3 is 2.85 bits per heavy atom. The van der Waals surface area contributed by atoms with Crippen LogP contribution in [-0.2, 0) is 11.3 Å². The molecule has 0 saturated heterocycles. The summed E-state index contributed by atoms with van der Waals surface area (Å²) >= 11 is 0. The molecule has 0 heterocycles. The predicted molar refractivity (Wildman–Crippen MR) is 79.4 cm³/mol. The number of amides is 1. The van der Waals surface area contributed by atoms with Crippen LogP contribution in [0.25, 0.3) is 0 Å². The summed E-state index contributed by atoms with van der Waals surface area (Å²) in [4.78, 5) is 14.7. The van der Waals surface area contributed by atoms with E-state index in [0.29, 0.717) is 25.6 Å². The zero-order valence-corrected chi connectivity index (χ0v) is 12.3. The fraction of sp³-hybridized carbons (Fsp3) is 0.562. The van der Waals surface area contributed by atoms with Gasteiger partial charge in [-0.2, -0.15) is 0 Å². The minimum atomic E-state index is 0.0803. The zero-order valence-electron chi connectivity index (χ0n) is 12.3. The highest BCUT2D eigenvalue weighted by molar-refractivity contribution is 5.94. The number of hydrogen-bond donors (Lipinski definition) is 1. The lowest BCUT2D eigenvalue weighted by Crippen LogP contribution is -2.42. The van der Waals surface area contributed by atoms with Crippen molar-refractivity contribution in [2.24, 2.45) is 11.7 Å². The van der Waals surface area contributed by atoms with Crippen LogP contribution in [0.15, 0.2) is 24.3 Å². The van der Waals surface area contributed by atoms with E-state index in [-0.39, 0.29) is 11.9 Å². The molecule has 1 atom stereocenters. The smallest absolute Gasteiger partial charge is 0.254 e. The summed E-state index contributed by atoms with van der Waals surface area (Å²) < 4.78 is 5.14. The number of nitrogens with two attached hydrogens (primary N) is 1. The lowest BCUT2D eigenvalue weighted by Gasteiger charge is -2.29. The average Bonchev–Trinajstić information content (AvgIpc) is 3.32. The lowest BCUT2D eigenvalue weighted by atomic mass is 10.1. The van der Waals surface area contributed by atoms with Gasteiger partial charge in [0.15, 0.2) is 0 Å². The van der Waals surface area contributed by atoms with Gasteiger partial charge in [-0.05, 0) is 43.4 Å². The van der Waals surface area contributed by atoms with Crippen molar-refractivity contribution in [3.05, 3.63) is 35.4 Å². The monoisotopic (exact) mass is 276 g/mol. The van der Waals surface area contributed by atoms with Gasteiger partial charge in [-0.15, -0.1) is 0 Å². The Morgan fingerprint density at radius 2 is 2.25 bits per heavy atom. The Labute approximate surface area is 120 Å². The minimum Gasteiger partial charge on any atom is -0.383 e. The van der Waals surface area contributed by atoms with Crippen LogP contribution in [0.3, 0.4) is 0 Å². The highest BCUT2D eigenvalue weighted by Gasteiger charge is 2.34. The largest absolute Gasteiger partial charge is 0.383 e. The minimum absolute atomic E-state index is 0.0803. The van der Waals surface area contributed by atoms with Gasteiger partial charge in [-0.1, -0.05) is 12.1 Å². The molecule has 1 fully saturated rings. The molecule has 0 aromatic heterocycles. The Balaban J connectivity index is 2.15. The quantitative estimate of drug-likeness (QED) is 0.829. The Morgan fingerprint density at radius 1 is 1.50 bits per heavy atom. The Hall–Kier alpha value is -1.39. The van der Waals surface area contributed by atoms with E-state index in [1.165, 1.54) is 12.8 Å². The van der Waals surface area contributed by atoms with E-state index in [2.05, 4.69) is 6.92 Å². The van der Waals surface area contributed by atoms with Crippen molar-refractivity contribution >= 4 is 5.91 Å². The van der Waals surface area contributed by atoms with Gasteiger partial charge in [0.25, 0.3) is 5.91 Å². The second kappa shape index (κ2) is 6.86. The molecule has 20 heavy (non-hydrogen) atoms. The summed E-state index contributed by atoms with van der Waals surface area (Å²) in [5.41, 5.74) is 7.35. The number of methoxy groups -OCH3 is 1. The zero-order chi connectivity index (χ0) is 14.5. The van der Waals surface area contributed by atoms with Crippen molar-refractivity contribution in [1.82, 2.24) is 4.90 Å². The fourth-order valence-corrected chi connectivity index (χ4v) is 2.51. The maximum Gasteiger partial charge on any atom is 0.254 e. The number of hydrogen-bond acceptors (Lipinski definition) is 3. The molecular formula is C16H24N2O2. The third kappa shape index (κ3) is 3.58. The first-order valence-corrected chi connectivity index (χ1v) is 7.26. The first kappa shape index (κ1) is 15.0. The summed E-state index contributed by atoms with van der Waals surface area (Å²) in [5, 5.41) is 0. The molecule has 1 amide bonds. The van der Waals surface area contributed by atoms with Gasteiger partial charge in [0.1, 0.15) is 0 Å². The van der Waals surface area contributed by atoms with Crippen molar-refractivity contribution in [2.75, 3.05) is 20.3 Å². The van der Waals surface area contributed by atoms with Gasteiger partial charge in [-0.3, -0.25) is 4.79 Å². The third-order valence-corrected chi connectivity index (χ3v) is 4.00. The van der Waals surface area contributed by atoms with E-state index in [9.17, 15) is 4.79 Å². The van der Waals surface area contributed by atoms with Crippen molar-refractivity contribution in [3.8, 4) is 0 Å². The van der Waals surface area contributed by atoms with Crippen LogP contribution < -0.4 is 5.73 Å². The fourth-order valence-electron chi connectivity index (χ4n) is 2.51. The number of benzene rings is 1. The maximum absolute atomic E-state index is 12.7. The van der Waals surface area contributed by atoms with Crippen molar-refractivity contribution < 1.29 is 9.53 Å². The van der Waals surface area contributed by atoms with E-state index >= 15 is 0 Å². The molecule has 1 saturated carbocycles. The van der Waals surface area contributed by atoms with Crippen LogP contribution in [-0.4, -0.2) is 37.1 Å². The van der Waals surface area contributed by atoms with Crippen molar-refractivity contribution in [3.63, 3.8) is 0 Å². The molecule has 1 aromatic carbocycles. The van der Waals surface area contributed by atoms with Gasteiger partial charge in [0.05, 0.1) is 6.61 Å². The van der Waals surface area contributed by atoms with E-state index in [4.69, 9.17) is 10.5 Å². The van der Waals surface area contributed by atoms with Gasteiger partial charge in [0, 0.05) is 31.8 Å². The molecule has 1 aliphatic carbocycles. The maximum atomic E-state index is 12.7. The number of rotatable bonds is 7. The third-order valence-electron chi connectivity index (χ3n) is 4.00. The summed E-state index contributed by atoms with van der Waals surface area (Å²) in [6, 6.07) is 7.87. The number of carbonyl (C=O) groups excluding carboxylic acids is 1. The highest BCUT2D eigenvalue weighted by atomic mass is 16.5. The summed E-state index contributed by atoms with van der Waals surface area (Å²) in [6.07, 6.45) is 2.45. The molecule has 1 aromatic rings. The SMILES string of the molecule is COCCN(C(=O)c1cccc(CN)c1)C(C)C1CC1. The molecule has 1 aliphatic rings. The van der Waals surface area contributed by atoms with Crippen LogP contribution in [0.5, 0.6) is 0 Å². The van der Waals surface area contributed by atoms with Gasteiger partial charge in [-0.25, -0.2) is 0 Å². The van der Waals surface area contributed by atoms with Crippen LogP contribution in [0.2, 0.25) is 0 Å². The van der Waals surface area contributed by atoms with E-state index < -0.39 is 0 Å². The van der Waals surface area contributed by atoms with Crippen molar-refractivity contribution in [1.29, 1.82) is 0 Å². The standard InChI is InChI=1S/C16H24N2O2/c1-12(14-6-7-14)18(8-9-20-2)16(19)15-5-3-4-13(10-15)11-17/h3-5,10,12,14H,6-9,11,17H2,1-2H3. The average molecular weight is 276 g/mol. The first-order valence-electron chi connectivity index (χ1n) is 7.26. The Bertz CT molecular complexity index is 458. The molecule has 0 spiro atoms. The molecule has 1 unspecified atom stereocenters. The van der Waals surface area contributed by atoms with Crippen LogP contribution in [0.1, 0.15) is 35.7 Å². The molecule has 110 valence electrons. The molecular weight excluding hydrogens is 252 g/mol. The van der Waals surface area contributed by atoms with E-state index in [1.807, 2.05) is 29.2 Å². The molecule has 0 radical (unpaired) electrons. The van der Waals surface area contributed by atoms with Crippen LogP contribution in [0.4, 0.5) is 0 Å². The van der Waals surface area contributed by atoms with E-state index in [0.717, 1.165) is 11.1 Å². The topological polar surface area (TPSA) is 55.6 Å². The first-order chi connectivity index (χ1) is 9.67. The molecule has 4 nitrogen and oxygen atoms in total. The summed E-state index contributed by atoms with van der Waals surface area (Å²) in [6.45, 7) is 3.80. The number of carbonyl (C=O) groups is 1. The van der Waals surface area contributed by atoms with E-state index in [1.54, 1.807) is 7.11 Å². The van der Waals surface area contributed by atoms with Gasteiger partial charge < -0.3 is 15.4 Å². The molecule has 0 bridgehead atoms. The van der Waals surface area contributed by atoms with Crippen LogP contribution in [0, 0.1) is 5.92 Å². The summed E-state index contributed by atoms with van der Waals surface area (Å²) in [5.74, 6) is 0.727. The molecule has 2 N–H and O–H groups in total. The molecule has 0 aliphatic heterocycles. The van der Waals surface area contributed by atoms with Gasteiger partial charge >= 0.3 is 0 Å². The summed E-state index contributed by atoms with van der Waals surface area (Å²) in [7, 11) is 1.67. The highest BCUT2D eigenvalue weighted by Crippen LogP contribution is 2.35. The Kier molecular flexibility index (Phi) is 5.15. The molecule has 4 heteroatoms. The van der Waals surface area contributed by atoms with Crippen molar-refractivity contribution in [2.45, 2.75) is 32.4 Å². The second-order valence-electron chi connectivity index (χ2n) is 5.47. The lowest BCUT2D eigenvalue weighted by molar-refractivity contribution is 0.0594. The number of nitrogens with zero attached hydrogens (tertiary/aromatic N) is 1.